The summed E-state index contributed by atoms with van der Waals surface area (Å²) >= 11 is 0. The van der Waals surface area contributed by atoms with Crippen molar-refractivity contribution in [1.29, 1.82) is 0 Å². The van der Waals surface area contributed by atoms with Crippen LogP contribution in [0.3, 0.4) is 0 Å². The molecule has 0 aromatic heterocycles. The first kappa shape index (κ1) is 12.1. The van der Waals surface area contributed by atoms with Crippen LogP contribution in [0, 0.1) is 17.8 Å². The van der Waals surface area contributed by atoms with Crippen LogP contribution in [0.25, 0.3) is 10.8 Å². The smallest absolute Gasteiger partial charge is 0.119 e. The number of benzene rings is 2. The van der Waals surface area contributed by atoms with Crippen molar-refractivity contribution < 1.29 is 5.11 Å². The van der Waals surface area contributed by atoms with Crippen molar-refractivity contribution in [2.45, 2.75) is 43.9 Å². The number of phenolic OH excluding ortho intramolecular Hbond substituents is 1. The van der Waals surface area contributed by atoms with Gasteiger partial charge >= 0.3 is 0 Å². The molecule has 2 aromatic rings. The maximum atomic E-state index is 10.7. The Bertz CT molecular complexity index is 680. The van der Waals surface area contributed by atoms with Gasteiger partial charge in [-0.3, -0.25) is 0 Å². The Morgan fingerprint density at radius 3 is 1.90 bits per heavy atom. The van der Waals surface area contributed by atoms with Crippen LogP contribution in [0.1, 0.15) is 44.1 Å². The van der Waals surface area contributed by atoms with Gasteiger partial charge in [0.1, 0.15) is 5.75 Å². The number of phenols is 1. The fourth-order valence-electron chi connectivity index (χ4n) is 6.09. The molecule has 4 saturated carbocycles. The first-order valence-electron chi connectivity index (χ1n) is 8.44. The van der Waals surface area contributed by atoms with Crippen molar-refractivity contribution in [1.82, 2.24) is 0 Å². The molecule has 0 atom stereocenters. The molecule has 4 aliphatic rings. The fraction of sp³-hybridized carbons (Fsp3) is 0.500. The maximum Gasteiger partial charge on any atom is 0.119 e. The molecule has 108 valence electrons. The van der Waals surface area contributed by atoms with E-state index in [1.165, 1.54) is 49.5 Å². The molecule has 1 heteroatoms. The van der Waals surface area contributed by atoms with E-state index in [0.29, 0.717) is 5.75 Å². The van der Waals surface area contributed by atoms with Crippen LogP contribution in [0.2, 0.25) is 0 Å². The van der Waals surface area contributed by atoms with E-state index < -0.39 is 0 Å². The van der Waals surface area contributed by atoms with E-state index in [0.717, 1.165) is 23.1 Å². The van der Waals surface area contributed by atoms with Crippen molar-refractivity contribution in [3.05, 3.63) is 42.0 Å². The highest BCUT2D eigenvalue weighted by molar-refractivity contribution is 5.85. The second-order valence-electron chi connectivity index (χ2n) is 7.91. The zero-order valence-corrected chi connectivity index (χ0v) is 12.4. The van der Waals surface area contributed by atoms with Crippen LogP contribution >= 0.6 is 0 Å². The molecule has 2 aromatic carbocycles. The first-order valence-corrected chi connectivity index (χ1v) is 8.44. The standard InChI is InChI=1S/C20H22O/c21-19-9-17-4-2-1-3-16(17)8-18(19)20-10-13-5-14(11-20)7-15(6-13)12-20/h1-4,8-9,13-15,21H,5-7,10-12H2. The first-order chi connectivity index (χ1) is 10.2. The lowest BCUT2D eigenvalue weighted by atomic mass is 9.48. The Labute approximate surface area is 126 Å². The Balaban J connectivity index is 1.68. The fourth-order valence-corrected chi connectivity index (χ4v) is 6.09. The van der Waals surface area contributed by atoms with Crippen molar-refractivity contribution >= 4 is 10.8 Å². The molecule has 1 N–H and O–H groups in total. The summed E-state index contributed by atoms with van der Waals surface area (Å²) in [7, 11) is 0. The van der Waals surface area contributed by atoms with Gasteiger partial charge in [-0.1, -0.05) is 24.3 Å². The van der Waals surface area contributed by atoms with Gasteiger partial charge in [-0.05, 0) is 84.6 Å². The van der Waals surface area contributed by atoms with Crippen molar-refractivity contribution in [2.75, 3.05) is 0 Å². The minimum Gasteiger partial charge on any atom is -0.508 e. The highest BCUT2D eigenvalue weighted by Crippen LogP contribution is 2.62. The summed E-state index contributed by atoms with van der Waals surface area (Å²) in [5.74, 6) is 3.29. The third kappa shape index (κ3) is 1.70. The quantitative estimate of drug-likeness (QED) is 0.777. The van der Waals surface area contributed by atoms with E-state index in [1.54, 1.807) is 0 Å². The predicted octanol–water partition coefficient (Wildman–Crippen LogP) is 5.01. The van der Waals surface area contributed by atoms with Crippen LogP contribution in [-0.4, -0.2) is 5.11 Å². The monoisotopic (exact) mass is 278 g/mol. The summed E-state index contributed by atoms with van der Waals surface area (Å²) in [4.78, 5) is 0. The van der Waals surface area contributed by atoms with Gasteiger partial charge in [0.05, 0.1) is 0 Å². The summed E-state index contributed by atoms with van der Waals surface area (Å²) in [6.45, 7) is 0. The SMILES string of the molecule is Oc1cc2ccccc2cc1C12CC3CC(CC(C3)C1)C2. The number of hydrogen-bond donors (Lipinski definition) is 1. The van der Waals surface area contributed by atoms with Crippen molar-refractivity contribution in [3.63, 3.8) is 0 Å². The van der Waals surface area contributed by atoms with Crippen molar-refractivity contribution in [3.8, 4) is 5.75 Å². The second kappa shape index (κ2) is 4.03. The molecule has 4 aliphatic carbocycles. The molecule has 0 aliphatic heterocycles. The highest BCUT2D eigenvalue weighted by Gasteiger charge is 2.52. The van der Waals surface area contributed by atoms with Gasteiger partial charge in [-0.2, -0.15) is 0 Å². The van der Waals surface area contributed by atoms with Gasteiger partial charge in [0.2, 0.25) is 0 Å². The number of rotatable bonds is 1. The molecule has 0 saturated heterocycles. The minimum absolute atomic E-state index is 0.281. The van der Waals surface area contributed by atoms with Gasteiger partial charge < -0.3 is 5.11 Å². The highest BCUT2D eigenvalue weighted by atomic mass is 16.3. The normalized spacial score (nSPS) is 37.2. The Morgan fingerprint density at radius 2 is 1.33 bits per heavy atom. The van der Waals surface area contributed by atoms with Crippen LogP contribution in [-0.2, 0) is 5.41 Å². The molecule has 0 spiro atoms. The molecular weight excluding hydrogens is 256 g/mol. The summed E-state index contributed by atoms with van der Waals surface area (Å²) < 4.78 is 0. The summed E-state index contributed by atoms with van der Waals surface area (Å²) in [6, 6.07) is 12.7. The van der Waals surface area contributed by atoms with Crippen LogP contribution in [0.4, 0.5) is 0 Å². The lowest BCUT2D eigenvalue weighted by Gasteiger charge is -2.57. The molecule has 0 heterocycles. The minimum atomic E-state index is 0.281. The zero-order valence-electron chi connectivity index (χ0n) is 12.4. The lowest BCUT2D eigenvalue weighted by molar-refractivity contribution is -0.00606. The Kier molecular flexibility index (Phi) is 2.32. The molecule has 21 heavy (non-hydrogen) atoms. The third-order valence-electron chi connectivity index (χ3n) is 6.47. The Hall–Kier alpha value is -1.50. The molecule has 0 radical (unpaired) electrons. The van der Waals surface area contributed by atoms with E-state index in [9.17, 15) is 5.11 Å². The molecule has 1 nitrogen and oxygen atoms in total. The average molecular weight is 278 g/mol. The summed E-state index contributed by atoms with van der Waals surface area (Å²) in [6.07, 6.45) is 8.29. The van der Waals surface area contributed by atoms with Crippen LogP contribution in [0.15, 0.2) is 36.4 Å². The average Bonchev–Trinajstić information content (AvgIpc) is 2.45. The van der Waals surface area contributed by atoms with E-state index in [4.69, 9.17) is 0 Å². The van der Waals surface area contributed by atoms with Gasteiger partial charge in [-0.25, -0.2) is 0 Å². The molecule has 4 bridgehead atoms. The molecule has 4 fully saturated rings. The van der Waals surface area contributed by atoms with Gasteiger partial charge in [-0.15, -0.1) is 0 Å². The predicted molar refractivity (Wildman–Crippen MR) is 85.5 cm³/mol. The van der Waals surface area contributed by atoms with E-state index in [2.05, 4.69) is 24.3 Å². The number of hydrogen-bond acceptors (Lipinski definition) is 1. The third-order valence-corrected chi connectivity index (χ3v) is 6.47. The molecular formula is C20H22O. The van der Waals surface area contributed by atoms with E-state index in [1.807, 2.05) is 12.1 Å². The van der Waals surface area contributed by atoms with Gasteiger partial charge in [0.15, 0.2) is 0 Å². The van der Waals surface area contributed by atoms with Crippen LogP contribution < -0.4 is 0 Å². The molecule has 6 rings (SSSR count). The Morgan fingerprint density at radius 1 is 0.810 bits per heavy atom. The van der Waals surface area contributed by atoms with E-state index in [-0.39, 0.29) is 5.41 Å². The van der Waals surface area contributed by atoms with Gasteiger partial charge in [0, 0.05) is 5.56 Å². The van der Waals surface area contributed by atoms with Crippen molar-refractivity contribution in [2.24, 2.45) is 17.8 Å². The number of fused-ring (bicyclic) bond motifs is 1. The van der Waals surface area contributed by atoms with Crippen LogP contribution in [0.5, 0.6) is 5.75 Å². The number of aromatic hydroxyl groups is 1. The molecule has 0 unspecified atom stereocenters. The second-order valence-corrected chi connectivity index (χ2v) is 7.91. The van der Waals surface area contributed by atoms with E-state index >= 15 is 0 Å². The molecule has 0 amide bonds. The summed E-state index contributed by atoms with van der Waals surface area (Å²) in [5, 5.41) is 13.1. The summed E-state index contributed by atoms with van der Waals surface area (Å²) in [5.41, 5.74) is 1.53. The lowest BCUT2D eigenvalue weighted by Crippen LogP contribution is -2.48. The maximum absolute atomic E-state index is 10.7. The van der Waals surface area contributed by atoms with Gasteiger partial charge in [0.25, 0.3) is 0 Å². The largest absolute Gasteiger partial charge is 0.508 e. The topological polar surface area (TPSA) is 20.2 Å². The zero-order chi connectivity index (χ0) is 14.0.